The van der Waals surface area contributed by atoms with Crippen LogP contribution < -0.4 is 9.64 Å². The molecule has 0 radical (unpaired) electrons. The SMILES string of the molecule is c1ccc2c(N3CCC(COc4ccncc4)CC3)ncnc2c1. The first kappa shape index (κ1) is 14.9. The highest BCUT2D eigenvalue weighted by Crippen LogP contribution is 2.27. The van der Waals surface area contributed by atoms with E-state index in [2.05, 4.69) is 25.9 Å². The van der Waals surface area contributed by atoms with Crippen molar-refractivity contribution in [2.24, 2.45) is 5.92 Å². The Kier molecular flexibility index (Phi) is 4.23. The van der Waals surface area contributed by atoms with Gasteiger partial charge in [-0.25, -0.2) is 9.97 Å². The Morgan fingerprint density at radius 3 is 2.62 bits per heavy atom. The van der Waals surface area contributed by atoms with Crippen LogP contribution in [0.1, 0.15) is 12.8 Å². The fourth-order valence-electron chi connectivity index (χ4n) is 3.20. The average Bonchev–Trinajstić information content (AvgIpc) is 2.67. The van der Waals surface area contributed by atoms with Crippen LogP contribution in [0, 0.1) is 5.92 Å². The van der Waals surface area contributed by atoms with Crippen LogP contribution in [0.3, 0.4) is 0 Å². The van der Waals surface area contributed by atoms with Crippen molar-refractivity contribution in [3.63, 3.8) is 0 Å². The lowest BCUT2D eigenvalue weighted by atomic mass is 9.97. The van der Waals surface area contributed by atoms with Crippen molar-refractivity contribution in [1.82, 2.24) is 15.0 Å². The minimum absolute atomic E-state index is 0.586. The van der Waals surface area contributed by atoms with Crippen LogP contribution in [0.25, 0.3) is 10.9 Å². The predicted octanol–water partition coefficient (Wildman–Crippen LogP) is 3.32. The van der Waals surface area contributed by atoms with Crippen molar-refractivity contribution in [2.45, 2.75) is 12.8 Å². The summed E-state index contributed by atoms with van der Waals surface area (Å²) in [5, 5.41) is 1.13. The Morgan fingerprint density at radius 1 is 1.00 bits per heavy atom. The summed E-state index contributed by atoms with van der Waals surface area (Å²) in [6.45, 7) is 2.78. The number of anilines is 1. The largest absolute Gasteiger partial charge is 0.493 e. The highest BCUT2D eigenvalue weighted by atomic mass is 16.5. The smallest absolute Gasteiger partial charge is 0.139 e. The van der Waals surface area contributed by atoms with Gasteiger partial charge in [0.05, 0.1) is 12.1 Å². The average molecular weight is 320 g/mol. The molecule has 0 bridgehead atoms. The van der Waals surface area contributed by atoms with E-state index < -0.39 is 0 Å². The molecule has 24 heavy (non-hydrogen) atoms. The number of para-hydroxylation sites is 1. The number of hydrogen-bond donors (Lipinski definition) is 0. The van der Waals surface area contributed by atoms with Crippen LogP contribution >= 0.6 is 0 Å². The van der Waals surface area contributed by atoms with Crippen LogP contribution in [0.2, 0.25) is 0 Å². The summed E-state index contributed by atoms with van der Waals surface area (Å²) in [5.41, 5.74) is 1.01. The van der Waals surface area contributed by atoms with E-state index in [1.54, 1.807) is 18.7 Å². The highest BCUT2D eigenvalue weighted by molar-refractivity contribution is 5.89. The molecule has 1 saturated heterocycles. The minimum atomic E-state index is 0.586. The van der Waals surface area contributed by atoms with Crippen molar-refractivity contribution < 1.29 is 4.74 Å². The van der Waals surface area contributed by atoms with Crippen LogP contribution in [0.5, 0.6) is 5.75 Å². The second-order valence-electron chi connectivity index (χ2n) is 6.14. The van der Waals surface area contributed by atoms with Gasteiger partial charge in [0.2, 0.25) is 0 Å². The molecule has 0 atom stereocenters. The van der Waals surface area contributed by atoms with E-state index in [0.717, 1.165) is 55.0 Å². The van der Waals surface area contributed by atoms with E-state index in [0.29, 0.717) is 5.92 Å². The van der Waals surface area contributed by atoms with Crippen molar-refractivity contribution in [2.75, 3.05) is 24.6 Å². The van der Waals surface area contributed by atoms with E-state index in [1.165, 1.54) is 0 Å². The zero-order valence-corrected chi connectivity index (χ0v) is 13.5. The Bertz CT molecular complexity index is 795. The maximum atomic E-state index is 5.87. The number of benzene rings is 1. The third kappa shape index (κ3) is 3.15. The Hall–Kier alpha value is -2.69. The predicted molar refractivity (Wildman–Crippen MR) is 94.2 cm³/mol. The molecule has 0 unspecified atom stereocenters. The number of pyridine rings is 1. The summed E-state index contributed by atoms with van der Waals surface area (Å²) in [7, 11) is 0. The molecule has 3 heterocycles. The maximum absolute atomic E-state index is 5.87. The molecule has 1 aliphatic heterocycles. The third-order valence-electron chi connectivity index (χ3n) is 4.57. The molecule has 122 valence electrons. The first-order chi connectivity index (χ1) is 11.9. The van der Waals surface area contributed by atoms with Gasteiger partial charge in [0.1, 0.15) is 17.9 Å². The van der Waals surface area contributed by atoms with Gasteiger partial charge in [0.25, 0.3) is 0 Å². The zero-order valence-electron chi connectivity index (χ0n) is 13.5. The van der Waals surface area contributed by atoms with E-state index in [9.17, 15) is 0 Å². The van der Waals surface area contributed by atoms with Gasteiger partial charge in [-0.05, 0) is 43.0 Å². The molecule has 0 aliphatic carbocycles. The van der Waals surface area contributed by atoms with E-state index >= 15 is 0 Å². The Balaban J connectivity index is 1.39. The summed E-state index contributed by atoms with van der Waals surface area (Å²) in [4.78, 5) is 15.3. The van der Waals surface area contributed by atoms with E-state index in [1.807, 2.05) is 30.3 Å². The first-order valence-corrected chi connectivity index (χ1v) is 8.37. The molecule has 1 aromatic carbocycles. The van der Waals surface area contributed by atoms with Crippen molar-refractivity contribution in [1.29, 1.82) is 0 Å². The highest BCUT2D eigenvalue weighted by Gasteiger charge is 2.22. The molecule has 5 heteroatoms. The van der Waals surface area contributed by atoms with Gasteiger partial charge in [-0.1, -0.05) is 12.1 Å². The molecule has 1 fully saturated rings. The molecule has 0 amide bonds. The standard InChI is InChI=1S/C19H20N4O/c1-2-4-18-17(3-1)19(22-14-21-18)23-11-7-15(8-12-23)13-24-16-5-9-20-10-6-16/h1-6,9-10,14-15H,7-8,11-13H2. The van der Waals surface area contributed by atoms with Crippen LogP contribution in [-0.2, 0) is 0 Å². The Morgan fingerprint density at radius 2 is 1.79 bits per heavy atom. The molecule has 2 aromatic heterocycles. The summed E-state index contributed by atoms with van der Waals surface area (Å²) in [6.07, 6.45) is 7.42. The molecule has 4 rings (SSSR count). The van der Waals surface area contributed by atoms with Gasteiger partial charge in [0.15, 0.2) is 0 Å². The van der Waals surface area contributed by atoms with Gasteiger partial charge in [-0.15, -0.1) is 0 Å². The number of fused-ring (bicyclic) bond motifs is 1. The number of nitrogens with zero attached hydrogens (tertiary/aromatic N) is 4. The zero-order chi connectivity index (χ0) is 16.2. The molecular formula is C19H20N4O. The fraction of sp³-hybridized carbons (Fsp3) is 0.316. The number of rotatable bonds is 4. The molecular weight excluding hydrogens is 300 g/mol. The summed E-state index contributed by atoms with van der Waals surface area (Å²) in [6, 6.07) is 12.0. The summed E-state index contributed by atoms with van der Waals surface area (Å²) < 4.78 is 5.87. The van der Waals surface area contributed by atoms with Crippen LogP contribution in [-0.4, -0.2) is 34.6 Å². The third-order valence-corrected chi connectivity index (χ3v) is 4.57. The second-order valence-corrected chi connectivity index (χ2v) is 6.14. The molecule has 5 nitrogen and oxygen atoms in total. The molecule has 0 saturated carbocycles. The maximum Gasteiger partial charge on any atom is 0.139 e. The van der Waals surface area contributed by atoms with Gasteiger partial charge in [0, 0.05) is 30.9 Å². The van der Waals surface area contributed by atoms with Crippen LogP contribution in [0.15, 0.2) is 55.1 Å². The van der Waals surface area contributed by atoms with Crippen molar-refractivity contribution in [3.05, 3.63) is 55.1 Å². The van der Waals surface area contributed by atoms with Crippen molar-refractivity contribution in [3.8, 4) is 5.75 Å². The quantitative estimate of drug-likeness (QED) is 0.738. The lowest BCUT2D eigenvalue weighted by molar-refractivity contribution is 0.222. The topological polar surface area (TPSA) is 51.1 Å². The molecule has 0 N–H and O–H groups in total. The van der Waals surface area contributed by atoms with Crippen molar-refractivity contribution >= 4 is 16.7 Å². The van der Waals surface area contributed by atoms with Crippen LogP contribution in [0.4, 0.5) is 5.82 Å². The van der Waals surface area contributed by atoms with Gasteiger partial charge in [-0.3, -0.25) is 4.98 Å². The molecule has 1 aliphatic rings. The number of ether oxygens (including phenoxy) is 1. The lowest BCUT2D eigenvalue weighted by Gasteiger charge is -2.33. The number of hydrogen-bond acceptors (Lipinski definition) is 5. The van der Waals surface area contributed by atoms with Gasteiger partial charge in [-0.2, -0.15) is 0 Å². The second kappa shape index (κ2) is 6.83. The minimum Gasteiger partial charge on any atom is -0.493 e. The normalized spacial score (nSPS) is 15.6. The Labute approximate surface area is 141 Å². The fourth-order valence-corrected chi connectivity index (χ4v) is 3.20. The van der Waals surface area contributed by atoms with E-state index in [4.69, 9.17) is 4.74 Å². The monoisotopic (exact) mass is 320 g/mol. The number of aromatic nitrogens is 3. The lowest BCUT2D eigenvalue weighted by Crippen LogP contribution is -2.36. The van der Waals surface area contributed by atoms with Gasteiger partial charge >= 0.3 is 0 Å². The molecule has 0 spiro atoms. The molecule has 3 aromatic rings. The van der Waals surface area contributed by atoms with E-state index in [-0.39, 0.29) is 0 Å². The van der Waals surface area contributed by atoms with Gasteiger partial charge < -0.3 is 9.64 Å². The summed E-state index contributed by atoms with van der Waals surface area (Å²) in [5.74, 6) is 2.53. The number of piperidine rings is 1. The summed E-state index contributed by atoms with van der Waals surface area (Å²) >= 11 is 0. The first-order valence-electron chi connectivity index (χ1n) is 8.37.